The molecule has 0 N–H and O–H groups in total. The van der Waals surface area contributed by atoms with Crippen molar-refractivity contribution in [3.8, 4) is 0 Å². The SMILES string of the molecule is CCCCCCCC[B-](c1ccc(CC)c2c(CC)cccc12)(c1ccc(CC)c2c(CC)cccc12)c1ccc(CC)c2c(CC)cccc12. The average molecular weight is 674 g/mol. The molecule has 6 rings (SSSR count). The van der Waals surface area contributed by atoms with E-state index >= 15 is 0 Å². The lowest BCUT2D eigenvalue weighted by atomic mass is 9.13. The molecule has 0 amide bonds. The molecular formula is C50H62B-. The molecule has 0 aromatic heterocycles. The Hall–Kier alpha value is -3.84. The normalized spacial score (nSPS) is 12.1. The summed E-state index contributed by atoms with van der Waals surface area (Å²) in [5.41, 5.74) is 13.5. The Morgan fingerprint density at radius 3 is 0.980 bits per heavy atom. The minimum absolute atomic E-state index is 1.05. The molecule has 51 heavy (non-hydrogen) atoms. The van der Waals surface area contributed by atoms with Crippen LogP contribution in [0.1, 0.15) is 120 Å². The molecule has 0 aliphatic carbocycles. The molecule has 6 aromatic carbocycles. The summed E-state index contributed by atoms with van der Waals surface area (Å²) in [6.45, 7) is 16.3. The van der Waals surface area contributed by atoms with Crippen molar-refractivity contribution in [3.63, 3.8) is 0 Å². The van der Waals surface area contributed by atoms with E-state index in [-0.39, 0.29) is 0 Å². The molecule has 0 fully saturated rings. The molecule has 0 saturated heterocycles. The molecule has 0 atom stereocenters. The van der Waals surface area contributed by atoms with Crippen LogP contribution in [0.5, 0.6) is 0 Å². The Labute approximate surface area is 310 Å². The maximum absolute atomic E-state index is 2.59. The number of hydrogen-bond acceptors (Lipinski definition) is 0. The number of hydrogen-bond donors (Lipinski definition) is 0. The van der Waals surface area contributed by atoms with Crippen LogP contribution in [0, 0.1) is 0 Å². The fourth-order valence-corrected chi connectivity index (χ4v) is 10.0. The van der Waals surface area contributed by atoms with Gasteiger partial charge in [0.05, 0.1) is 6.15 Å². The van der Waals surface area contributed by atoms with Crippen LogP contribution in [0.4, 0.5) is 0 Å². The monoisotopic (exact) mass is 673 g/mol. The van der Waals surface area contributed by atoms with Gasteiger partial charge in [0, 0.05) is 0 Å². The van der Waals surface area contributed by atoms with Gasteiger partial charge in [0.25, 0.3) is 0 Å². The Morgan fingerprint density at radius 2 is 0.647 bits per heavy atom. The summed E-state index contributed by atoms with van der Waals surface area (Å²) < 4.78 is 0. The van der Waals surface area contributed by atoms with Crippen LogP contribution in [0.2, 0.25) is 6.32 Å². The number of rotatable bonds is 16. The Balaban J connectivity index is 1.83. The van der Waals surface area contributed by atoms with E-state index in [9.17, 15) is 0 Å². The molecule has 0 bridgehead atoms. The third-order valence-corrected chi connectivity index (χ3v) is 12.6. The maximum atomic E-state index is 2.59. The molecule has 0 nitrogen and oxygen atoms in total. The third kappa shape index (κ3) is 6.67. The first kappa shape index (κ1) is 36.9. The standard InChI is InChI=1S/C50H62B/c1-8-15-16-17-18-19-35-51(45-32-29-39(12-5)48-36(9-2)23-20-26-42(45)48,46-33-30-40(13-6)49-37(10-3)24-21-27-43(46)49)47-34-31-41(14-7)50-38(11-4)25-22-28-44(47)50/h20-34H,8-19,35H2,1-7H3/q-1. The quantitative estimate of drug-likeness (QED) is 0.0709. The first-order valence-corrected chi connectivity index (χ1v) is 20.8. The van der Waals surface area contributed by atoms with Crippen LogP contribution >= 0.6 is 0 Å². The van der Waals surface area contributed by atoms with Gasteiger partial charge in [-0.15, -0.1) is 0 Å². The van der Waals surface area contributed by atoms with Crippen molar-refractivity contribution in [1.82, 2.24) is 0 Å². The van der Waals surface area contributed by atoms with E-state index in [1.54, 1.807) is 16.4 Å². The van der Waals surface area contributed by atoms with Crippen LogP contribution < -0.4 is 16.4 Å². The molecule has 266 valence electrons. The van der Waals surface area contributed by atoms with Crippen LogP contribution in [0.15, 0.2) is 91.0 Å². The summed E-state index contributed by atoms with van der Waals surface area (Å²) in [5.74, 6) is 0. The highest BCUT2D eigenvalue weighted by Gasteiger charge is 2.34. The van der Waals surface area contributed by atoms with Crippen molar-refractivity contribution in [2.75, 3.05) is 0 Å². The first-order chi connectivity index (χ1) is 25.0. The third-order valence-electron chi connectivity index (χ3n) is 12.6. The molecule has 6 aromatic rings. The molecular weight excluding hydrogens is 611 g/mol. The number of aryl methyl sites for hydroxylation is 6. The number of unbranched alkanes of at least 4 members (excludes halogenated alkanes) is 5. The zero-order chi connectivity index (χ0) is 36.0. The van der Waals surface area contributed by atoms with Crippen molar-refractivity contribution in [1.29, 1.82) is 0 Å². The summed E-state index contributed by atoms with van der Waals surface area (Å²) in [6.07, 6.45) is 13.8. The molecule has 0 spiro atoms. The predicted octanol–water partition coefficient (Wildman–Crippen LogP) is 12.4. The second kappa shape index (κ2) is 16.7. The van der Waals surface area contributed by atoms with Crippen molar-refractivity contribution in [2.45, 2.75) is 132 Å². The highest BCUT2D eigenvalue weighted by molar-refractivity contribution is 7.14. The lowest BCUT2D eigenvalue weighted by molar-refractivity contribution is 0.623. The van der Waals surface area contributed by atoms with E-state index in [0.717, 1.165) is 44.8 Å². The zero-order valence-electron chi connectivity index (χ0n) is 32.9. The van der Waals surface area contributed by atoms with Crippen LogP contribution in [-0.4, -0.2) is 6.15 Å². The molecule has 0 heterocycles. The summed E-state index contributed by atoms with van der Waals surface area (Å²) in [6, 6.07) is 36.9. The average Bonchev–Trinajstić information content (AvgIpc) is 3.19. The lowest BCUT2D eigenvalue weighted by Crippen LogP contribution is -2.67. The maximum Gasteiger partial charge on any atom is 0.0837 e. The van der Waals surface area contributed by atoms with Gasteiger partial charge >= 0.3 is 0 Å². The highest BCUT2D eigenvalue weighted by Crippen LogP contribution is 2.34. The Morgan fingerprint density at radius 1 is 0.333 bits per heavy atom. The van der Waals surface area contributed by atoms with Gasteiger partial charge in [-0.1, -0.05) is 194 Å². The van der Waals surface area contributed by atoms with Crippen LogP contribution in [-0.2, 0) is 38.5 Å². The van der Waals surface area contributed by atoms with E-state index in [1.165, 1.54) is 104 Å². The smallest absolute Gasteiger partial charge is 0.0837 e. The van der Waals surface area contributed by atoms with Crippen molar-refractivity contribution in [2.24, 2.45) is 0 Å². The molecule has 0 saturated carbocycles. The lowest BCUT2D eigenvalue weighted by Gasteiger charge is -2.46. The van der Waals surface area contributed by atoms with E-state index in [2.05, 4.69) is 139 Å². The summed E-state index contributed by atoms with van der Waals surface area (Å²) in [5, 5.41) is 8.92. The summed E-state index contributed by atoms with van der Waals surface area (Å²) in [4.78, 5) is 0. The number of fused-ring (bicyclic) bond motifs is 3. The Kier molecular flexibility index (Phi) is 12.1. The zero-order valence-corrected chi connectivity index (χ0v) is 32.9. The van der Waals surface area contributed by atoms with E-state index in [0.29, 0.717) is 0 Å². The second-order valence-corrected chi connectivity index (χ2v) is 15.2. The number of benzene rings is 6. The van der Waals surface area contributed by atoms with Gasteiger partial charge in [0.15, 0.2) is 0 Å². The van der Waals surface area contributed by atoms with Gasteiger partial charge in [0.1, 0.15) is 0 Å². The van der Waals surface area contributed by atoms with Crippen LogP contribution in [0.25, 0.3) is 32.3 Å². The first-order valence-electron chi connectivity index (χ1n) is 20.8. The molecule has 0 radical (unpaired) electrons. The topological polar surface area (TPSA) is 0 Å². The fraction of sp³-hybridized carbons (Fsp3) is 0.400. The molecule has 0 unspecified atom stereocenters. The van der Waals surface area contributed by atoms with E-state index < -0.39 is 6.15 Å². The summed E-state index contributed by atoms with van der Waals surface area (Å²) >= 11 is 0. The van der Waals surface area contributed by atoms with Gasteiger partial charge in [-0.25, -0.2) is 0 Å². The van der Waals surface area contributed by atoms with Gasteiger partial charge in [-0.2, -0.15) is 22.7 Å². The largest absolute Gasteiger partial charge is 0.192 e. The molecule has 1 heteroatoms. The van der Waals surface area contributed by atoms with Crippen LogP contribution in [0.3, 0.4) is 0 Å². The molecule has 0 aliphatic rings. The van der Waals surface area contributed by atoms with Crippen molar-refractivity contribution in [3.05, 3.63) is 124 Å². The minimum Gasteiger partial charge on any atom is -0.192 e. The van der Waals surface area contributed by atoms with Crippen molar-refractivity contribution >= 4 is 54.9 Å². The summed E-state index contributed by atoms with van der Waals surface area (Å²) in [7, 11) is 0. The van der Waals surface area contributed by atoms with E-state index in [4.69, 9.17) is 0 Å². The second-order valence-electron chi connectivity index (χ2n) is 15.2. The molecule has 0 aliphatic heterocycles. The van der Waals surface area contributed by atoms with Crippen molar-refractivity contribution < 1.29 is 0 Å². The Bertz CT molecular complexity index is 1850. The van der Waals surface area contributed by atoms with E-state index in [1.807, 2.05) is 0 Å². The van der Waals surface area contributed by atoms with Gasteiger partial charge < -0.3 is 0 Å². The fourth-order valence-electron chi connectivity index (χ4n) is 10.0. The minimum atomic E-state index is -1.40. The highest BCUT2D eigenvalue weighted by atomic mass is 14.2. The predicted molar refractivity (Wildman–Crippen MR) is 231 cm³/mol. The van der Waals surface area contributed by atoms with Gasteiger partial charge in [-0.05, 0) is 88.1 Å². The van der Waals surface area contributed by atoms with Gasteiger partial charge in [0.2, 0.25) is 0 Å². The van der Waals surface area contributed by atoms with Gasteiger partial charge in [-0.3, -0.25) is 0 Å².